The number of carboxylic acid groups (broad SMARTS) is 1. The standard InChI is InChI=1S/C15H14O3.H3N/c1-11(15(16)17)12-6-5-9-14(10-12)18-13-7-3-2-4-8-13;/h2-11H,1H3,(H,16,17);1H3. The van der Waals surface area contributed by atoms with E-state index >= 15 is 0 Å². The first-order valence-corrected chi connectivity index (χ1v) is 5.72. The summed E-state index contributed by atoms with van der Waals surface area (Å²) in [7, 11) is 0. The number of hydrogen-bond acceptors (Lipinski definition) is 3. The SMILES string of the molecule is CC(C(=O)O)c1cccc(Oc2ccccc2)c1.N. The molecule has 0 amide bonds. The van der Waals surface area contributed by atoms with Gasteiger partial charge >= 0.3 is 5.97 Å². The Bertz CT molecular complexity index is 540. The molecular formula is C15H17NO3. The Labute approximate surface area is 112 Å². The van der Waals surface area contributed by atoms with Crippen LogP contribution in [0.25, 0.3) is 0 Å². The van der Waals surface area contributed by atoms with Gasteiger partial charge in [-0.15, -0.1) is 0 Å². The topological polar surface area (TPSA) is 81.5 Å². The fourth-order valence-corrected chi connectivity index (χ4v) is 1.61. The molecule has 0 aliphatic rings. The fraction of sp³-hybridized carbons (Fsp3) is 0.133. The molecule has 0 fully saturated rings. The van der Waals surface area contributed by atoms with Crippen LogP contribution in [-0.2, 0) is 4.79 Å². The van der Waals surface area contributed by atoms with Crippen LogP contribution in [0.4, 0.5) is 0 Å². The molecule has 0 aliphatic carbocycles. The van der Waals surface area contributed by atoms with Crippen molar-refractivity contribution in [3.8, 4) is 11.5 Å². The van der Waals surface area contributed by atoms with E-state index in [0.717, 1.165) is 11.3 Å². The van der Waals surface area contributed by atoms with Crippen molar-refractivity contribution in [2.24, 2.45) is 0 Å². The summed E-state index contributed by atoms with van der Waals surface area (Å²) in [5.74, 6) is 0.000567. The molecule has 0 saturated carbocycles. The van der Waals surface area contributed by atoms with E-state index in [1.807, 2.05) is 36.4 Å². The van der Waals surface area contributed by atoms with Crippen LogP contribution in [0.15, 0.2) is 54.6 Å². The molecule has 4 heteroatoms. The van der Waals surface area contributed by atoms with Crippen molar-refractivity contribution >= 4 is 5.97 Å². The van der Waals surface area contributed by atoms with E-state index in [1.165, 1.54) is 0 Å². The maximum Gasteiger partial charge on any atom is 0.310 e. The van der Waals surface area contributed by atoms with Crippen LogP contribution in [0.3, 0.4) is 0 Å². The van der Waals surface area contributed by atoms with E-state index in [9.17, 15) is 4.79 Å². The van der Waals surface area contributed by atoms with Crippen LogP contribution < -0.4 is 10.9 Å². The molecule has 0 saturated heterocycles. The number of benzene rings is 2. The zero-order valence-electron chi connectivity index (χ0n) is 10.7. The van der Waals surface area contributed by atoms with Crippen molar-refractivity contribution in [1.82, 2.24) is 6.15 Å². The van der Waals surface area contributed by atoms with Gasteiger partial charge in [0.05, 0.1) is 5.92 Å². The highest BCUT2D eigenvalue weighted by Crippen LogP contribution is 2.25. The Morgan fingerprint density at radius 2 is 1.68 bits per heavy atom. The van der Waals surface area contributed by atoms with Gasteiger partial charge in [-0.25, -0.2) is 0 Å². The Morgan fingerprint density at radius 3 is 2.32 bits per heavy atom. The number of carboxylic acids is 1. The van der Waals surface area contributed by atoms with Crippen LogP contribution >= 0.6 is 0 Å². The Balaban J connectivity index is 0.00000180. The molecule has 2 rings (SSSR count). The number of para-hydroxylation sites is 1. The second kappa shape index (κ2) is 6.56. The van der Waals surface area contributed by atoms with Crippen molar-refractivity contribution in [2.75, 3.05) is 0 Å². The van der Waals surface area contributed by atoms with Gasteiger partial charge in [0.1, 0.15) is 11.5 Å². The van der Waals surface area contributed by atoms with Crippen molar-refractivity contribution < 1.29 is 14.6 Å². The van der Waals surface area contributed by atoms with Gasteiger partial charge in [-0.1, -0.05) is 30.3 Å². The molecular weight excluding hydrogens is 242 g/mol. The van der Waals surface area contributed by atoms with E-state index in [2.05, 4.69) is 0 Å². The van der Waals surface area contributed by atoms with E-state index in [4.69, 9.17) is 9.84 Å². The summed E-state index contributed by atoms with van der Waals surface area (Å²) in [5, 5.41) is 8.98. The average molecular weight is 259 g/mol. The van der Waals surface area contributed by atoms with Gasteiger partial charge in [-0.05, 0) is 36.8 Å². The minimum atomic E-state index is -0.841. The first-order chi connectivity index (χ1) is 8.66. The van der Waals surface area contributed by atoms with Gasteiger partial charge in [0, 0.05) is 0 Å². The molecule has 2 aromatic rings. The minimum Gasteiger partial charge on any atom is -0.481 e. The lowest BCUT2D eigenvalue weighted by Gasteiger charge is -2.10. The lowest BCUT2D eigenvalue weighted by molar-refractivity contribution is -0.138. The zero-order valence-corrected chi connectivity index (χ0v) is 10.7. The minimum absolute atomic E-state index is 0. The molecule has 4 N–H and O–H groups in total. The Hall–Kier alpha value is -2.33. The number of carbonyl (C=O) groups is 1. The largest absolute Gasteiger partial charge is 0.481 e. The van der Waals surface area contributed by atoms with Gasteiger partial charge < -0.3 is 16.0 Å². The van der Waals surface area contributed by atoms with Crippen molar-refractivity contribution in [3.63, 3.8) is 0 Å². The van der Waals surface area contributed by atoms with Gasteiger partial charge in [0.25, 0.3) is 0 Å². The van der Waals surface area contributed by atoms with Gasteiger partial charge in [-0.2, -0.15) is 0 Å². The predicted molar refractivity (Wildman–Crippen MR) is 74.0 cm³/mol. The zero-order chi connectivity index (χ0) is 13.0. The van der Waals surface area contributed by atoms with Crippen LogP contribution in [0.5, 0.6) is 11.5 Å². The van der Waals surface area contributed by atoms with Crippen LogP contribution in [0.1, 0.15) is 18.4 Å². The maximum atomic E-state index is 10.9. The van der Waals surface area contributed by atoms with Crippen molar-refractivity contribution in [2.45, 2.75) is 12.8 Å². The second-order valence-electron chi connectivity index (χ2n) is 4.05. The lowest BCUT2D eigenvalue weighted by Crippen LogP contribution is -2.07. The highest BCUT2D eigenvalue weighted by atomic mass is 16.5. The normalized spacial score (nSPS) is 11.2. The van der Waals surface area contributed by atoms with E-state index in [1.54, 1.807) is 25.1 Å². The number of rotatable bonds is 4. The number of aliphatic carboxylic acids is 1. The average Bonchev–Trinajstić information content (AvgIpc) is 2.39. The van der Waals surface area contributed by atoms with Crippen molar-refractivity contribution in [1.29, 1.82) is 0 Å². The van der Waals surface area contributed by atoms with Crippen LogP contribution in [0.2, 0.25) is 0 Å². The molecule has 0 spiro atoms. The van der Waals surface area contributed by atoms with Crippen LogP contribution in [-0.4, -0.2) is 11.1 Å². The predicted octanol–water partition coefficient (Wildman–Crippen LogP) is 3.83. The third-order valence-corrected chi connectivity index (χ3v) is 2.71. The summed E-state index contributed by atoms with van der Waals surface area (Å²) >= 11 is 0. The molecule has 0 heterocycles. The highest BCUT2D eigenvalue weighted by Gasteiger charge is 2.13. The highest BCUT2D eigenvalue weighted by molar-refractivity contribution is 5.75. The van der Waals surface area contributed by atoms with E-state index in [-0.39, 0.29) is 6.15 Å². The third-order valence-electron chi connectivity index (χ3n) is 2.71. The van der Waals surface area contributed by atoms with Gasteiger partial charge in [0.15, 0.2) is 0 Å². The third kappa shape index (κ3) is 3.82. The van der Waals surface area contributed by atoms with Gasteiger partial charge in [-0.3, -0.25) is 4.79 Å². The Kier molecular flexibility index (Phi) is 5.09. The summed E-state index contributed by atoms with van der Waals surface area (Å²) in [6.07, 6.45) is 0. The first-order valence-electron chi connectivity index (χ1n) is 5.72. The smallest absolute Gasteiger partial charge is 0.310 e. The molecule has 1 atom stereocenters. The molecule has 0 bridgehead atoms. The van der Waals surface area contributed by atoms with Gasteiger partial charge in [0.2, 0.25) is 0 Å². The molecule has 0 radical (unpaired) electrons. The summed E-state index contributed by atoms with van der Waals surface area (Å²) in [4.78, 5) is 10.9. The molecule has 4 nitrogen and oxygen atoms in total. The second-order valence-corrected chi connectivity index (χ2v) is 4.05. The number of ether oxygens (including phenoxy) is 1. The fourth-order valence-electron chi connectivity index (χ4n) is 1.61. The van der Waals surface area contributed by atoms with E-state index < -0.39 is 11.9 Å². The molecule has 0 aliphatic heterocycles. The first kappa shape index (κ1) is 14.7. The Morgan fingerprint density at radius 1 is 1.05 bits per heavy atom. The summed E-state index contributed by atoms with van der Waals surface area (Å²) < 4.78 is 5.66. The summed E-state index contributed by atoms with van der Waals surface area (Å²) in [5.41, 5.74) is 0.732. The monoisotopic (exact) mass is 259 g/mol. The molecule has 0 aromatic heterocycles. The summed E-state index contributed by atoms with van der Waals surface area (Å²) in [6, 6.07) is 16.6. The summed E-state index contributed by atoms with van der Waals surface area (Å²) in [6.45, 7) is 1.66. The maximum absolute atomic E-state index is 10.9. The molecule has 1 unspecified atom stereocenters. The van der Waals surface area contributed by atoms with Crippen LogP contribution in [0, 0.1) is 0 Å². The van der Waals surface area contributed by atoms with E-state index in [0.29, 0.717) is 5.75 Å². The quantitative estimate of drug-likeness (QED) is 0.874. The molecule has 2 aromatic carbocycles. The molecule has 19 heavy (non-hydrogen) atoms. The number of hydrogen-bond donors (Lipinski definition) is 2. The lowest BCUT2D eigenvalue weighted by atomic mass is 10.0. The molecule has 100 valence electrons. The van der Waals surface area contributed by atoms with Crippen molar-refractivity contribution in [3.05, 3.63) is 60.2 Å².